The van der Waals surface area contributed by atoms with E-state index in [4.69, 9.17) is 9.72 Å². The maximum atomic E-state index is 5.57. The van der Waals surface area contributed by atoms with E-state index in [0.717, 1.165) is 48.6 Å². The Kier molecular flexibility index (Phi) is 3.75. The number of fused-ring (bicyclic) bond motifs is 1. The number of hydrogen-bond acceptors (Lipinski definition) is 3. The Balaban J connectivity index is 1.94. The second-order valence-electron chi connectivity index (χ2n) is 5.98. The molecule has 0 radical (unpaired) electrons. The minimum Gasteiger partial charge on any atom is -0.496 e. The first-order chi connectivity index (χ1) is 11.4. The fraction of sp³-hybridized carbons (Fsp3) is 0.316. The first-order valence-corrected chi connectivity index (χ1v) is 8.19. The summed E-state index contributed by atoms with van der Waals surface area (Å²) in [5.41, 5.74) is 3.32. The zero-order chi connectivity index (χ0) is 15.6. The van der Waals surface area contributed by atoms with Crippen LogP contribution in [0.15, 0.2) is 48.5 Å². The quantitative estimate of drug-likeness (QED) is 0.803. The SMILES string of the molecule is COc1ccccc1-c1nc2ccccc2n1C1CCNCC1. The summed E-state index contributed by atoms with van der Waals surface area (Å²) < 4.78 is 7.98. The number of piperidine rings is 1. The Bertz CT molecular complexity index is 818. The van der Waals surface area contributed by atoms with Crippen LogP contribution >= 0.6 is 0 Å². The van der Waals surface area contributed by atoms with E-state index in [1.54, 1.807) is 7.11 Å². The first kappa shape index (κ1) is 14.3. The summed E-state index contributed by atoms with van der Waals surface area (Å²) in [5, 5.41) is 3.45. The van der Waals surface area contributed by atoms with E-state index in [-0.39, 0.29) is 0 Å². The third kappa shape index (κ3) is 2.49. The third-order valence-corrected chi connectivity index (χ3v) is 4.62. The molecule has 1 N–H and O–H groups in total. The van der Waals surface area contributed by atoms with Crippen molar-refractivity contribution >= 4 is 11.0 Å². The van der Waals surface area contributed by atoms with E-state index >= 15 is 0 Å². The summed E-state index contributed by atoms with van der Waals surface area (Å²) in [6.45, 7) is 2.12. The Labute approximate surface area is 136 Å². The Hall–Kier alpha value is -2.33. The molecule has 1 aliphatic heterocycles. The van der Waals surface area contributed by atoms with Crippen molar-refractivity contribution in [3.8, 4) is 17.1 Å². The highest BCUT2D eigenvalue weighted by molar-refractivity contribution is 5.82. The molecule has 1 saturated heterocycles. The molecule has 0 saturated carbocycles. The van der Waals surface area contributed by atoms with Crippen molar-refractivity contribution in [2.24, 2.45) is 0 Å². The summed E-state index contributed by atoms with van der Waals surface area (Å²) in [7, 11) is 1.72. The Morgan fingerprint density at radius 1 is 1.04 bits per heavy atom. The van der Waals surface area contributed by atoms with Gasteiger partial charge in [-0.15, -0.1) is 0 Å². The van der Waals surface area contributed by atoms with Crippen LogP contribution in [0.25, 0.3) is 22.4 Å². The van der Waals surface area contributed by atoms with E-state index in [0.29, 0.717) is 6.04 Å². The van der Waals surface area contributed by atoms with Gasteiger partial charge in [0.25, 0.3) is 0 Å². The number of para-hydroxylation sites is 3. The number of ether oxygens (including phenoxy) is 1. The van der Waals surface area contributed by atoms with E-state index in [2.05, 4.69) is 34.1 Å². The van der Waals surface area contributed by atoms with Crippen LogP contribution in [0.1, 0.15) is 18.9 Å². The number of imidazole rings is 1. The molecule has 4 nitrogen and oxygen atoms in total. The number of aromatic nitrogens is 2. The summed E-state index contributed by atoms with van der Waals surface area (Å²) in [4.78, 5) is 4.93. The van der Waals surface area contributed by atoms with Crippen LogP contribution in [0, 0.1) is 0 Å². The van der Waals surface area contributed by atoms with Crippen molar-refractivity contribution in [1.82, 2.24) is 14.9 Å². The van der Waals surface area contributed by atoms with Gasteiger partial charge in [-0.1, -0.05) is 24.3 Å². The fourth-order valence-corrected chi connectivity index (χ4v) is 3.50. The number of benzene rings is 2. The van der Waals surface area contributed by atoms with Gasteiger partial charge in [0.05, 0.1) is 23.7 Å². The van der Waals surface area contributed by atoms with Crippen molar-refractivity contribution < 1.29 is 4.74 Å². The molecular weight excluding hydrogens is 286 g/mol. The number of rotatable bonds is 3. The molecule has 0 aliphatic carbocycles. The molecule has 23 heavy (non-hydrogen) atoms. The van der Waals surface area contributed by atoms with Gasteiger partial charge in [0.2, 0.25) is 0 Å². The van der Waals surface area contributed by atoms with Crippen molar-refractivity contribution in [2.45, 2.75) is 18.9 Å². The normalized spacial score (nSPS) is 15.9. The van der Waals surface area contributed by atoms with Gasteiger partial charge in [-0.3, -0.25) is 0 Å². The zero-order valence-electron chi connectivity index (χ0n) is 13.3. The van der Waals surface area contributed by atoms with Crippen molar-refractivity contribution in [3.05, 3.63) is 48.5 Å². The van der Waals surface area contributed by atoms with Gasteiger partial charge in [-0.25, -0.2) is 4.98 Å². The summed E-state index contributed by atoms with van der Waals surface area (Å²) in [6, 6.07) is 17.0. The van der Waals surface area contributed by atoms with Gasteiger partial charge >= 0.3 is 0 Å². The van der Waals surface area contributed by atoms with Crippen LogP contribution in [-0.4, -0.2) is 29.8 Å². The third-order valence-electron chi connectivity index (χ3n) is 4.62. The molecular formula is C19H21N3O. The second kappa shape index (κ2) is 6.05. The van der Waals surface area contributed by atoms with Crippen LogP contribution in [-0.2, 0) is 0 Å². The van der Waals surface area contributed by atoms with Gasteiger partial charge in [0.1, 0.15) is 11.6 Å². The van der Waals surface area contributed by atoms with Gasteiger partial charge in [0.15, 0.2) is 0 Å². The smallest absolute Gasteiger partial charge is 0.145 e. The fourth-order valence-electron chi connectivity index (χ4n) is 3.50. The van der Waals surface area contributed by atoms with Crippen LogP contribution in [0.3, 0.4) is 0 Å². The van der Waals surface area contributed by atoms with Gasteiger partial charge < -0.3 is 14.6 Å². The highest BCUT2D eigenvalue weighted by Gasteiger charge is 2.23. The van der Waals surface area contributed by atoms with E-state index < -0.39 is 0 Å². The average molecular weight is 307 g/mol. The monoisotopic (exact) mass is 307 g/mol. The van der Waals surface area contributed by atoms with Crippen molar-refractivity contribution in [3.63, 3.8) is 0 Å². The van der Waals surface area contributed by atoms with Crippen molar-refractivity contribution in [2.75, 3.05) is 20.2 Å². The molecule has 0 amide bonds. The molecule has 0 atom stereocenters. The lowest BCUT2D eigenvalue weighted by atomic mass is 10.1. The molecule has 1 aliphatic rings. The van der Waals surface area contributed by atoms with E-state index in [9.17, 15) is 0 Å². The molecule has 3 aromatic rings. The summed E-state index contributed by atoms with van der Waals surface area (Å²) in [5.74, 6) is 1.88. The number of nitrogens with one attached hydrogen (secondary N) is 1. The number of nitrogens with zero attached hydrogens (tertiary/aromatic N) is 2. The molecule has 1 fully saturated rings. The molecule has 2 aromatic carbocycles. The molecule has 0 unspecified atom stereocenters. The Morgan fingerprint density at radius 3 is 2.61 bits per heavy atom. The lowest BCUT2D eigenvalue weighted by molar-refractivity contribution is 0.376. The van der Waals surface area contributed by atoms with Crippen molar-refractivity contribution in [1.29, 1.82) is 0 Å². The minimum absolute atomic E-state index is 0.476. The van der Waals surface area contributed by atoms with Crippen LogP contribution in [0.4, 0.5) is 0 Å². The Morgan fingerprint density at radius 2 is 1.78 bits per heavy atom. The molecule has 2 heterocycles. The zero-order valence-corrected chi connectivity index (χ0v) is 13.3. The molecule has 0 bridgehead atoms. The maximum Gasteiger partial charge on any atom is 0.145 e. The lowest BCUT2D eigenvalue weighted by Crippen LogP contribution is -2.29. The van der Waals surface area contributed by atoms with E-state index in [1.807, 2.05) is 24.3 Å². The maximum absolute atomic E-state index is 5.57. The summed E-state index contributed by atoms with van der Waals surface area (Å²) >= 11 is 0. The number of hydrogen-bond donors (Lipinski definition) is 1. The summed E-state index contributed by atoms with van der Waals surface area (Å²) in [6.07, 6.45) is 2.25. The topological polar surface area (TPSA) is 39.1 Å². The van der Waals surface area contributed by atoms with E-state index in [1.165, 1.54) is 5.52 Å². The molecule has 1 aromatic heterocycles. The van der Waals surface area contributed by atoms with Gasteiger partial charge in [0, 0.05) is 6.04 Å². The van der Waals surface area contributed by atoms with Crippen LogP contribution in [0.2, 0.25) is 0 Å². The average Bonchev–Trinajstić information content (AvgIpc) is 3.01. The molecule has 0 spiro atoms. The molecule has 118 valence electrons. The predicted octanol–water partition coefficient (Wildman–Crippen LogP) is 3.64. The predicted molar refractivity (Wildman–Crippen MR) is 92.9 cm³/mol. The lowest BCUT2D eigenvalue weighted by Gasteiger charge is -2.26. The number of methoxy groups -OCH3 is 1. The highest BCUT2D eigenvalue weighted by atomic mass is 16.5. The van der Waals surface area contributed by atoms with Gasteiger partial charge in [-0.05, 0) is 50.2 Å². The van der Waals surface area contributed by atoms with Crippen LogP contribution in [0.5, 0.6) is 5.75 Å². The first-order valence-electron chi connectivity index (χ1n) is 8.19. The van der Waals surface area contributed by atoms with Gasteiger partial charge in [-0.2, -0.15) is 0 Å². The highest BCUT2D eigenvalue weighted by Crippen LogP contribution is 2.35. The minimum atomic E-state index is 0.476. The molecule has 4 heteroatoms. The van der Waals surface area contributed by atoms with Crippen LogP contribution < -0.4 is 10.1 Å². The molecule has 4 rings (SSSR count). The second-order valence-corrected chi connectivity index (χ2v) is 5.98. The standard InChI is InChI=1S/C19H21N3O/c1-23-18-9-5-2-6-15(18)19-21-16-7-3-4-8-17(16)22(19)14-10-12-20-13-11-14/h2-9,14,20H,10-13H2,1H3. The largest absolute Gasteiger partial charge is 0.496 e.